The Hall–Kier alpha value is -3.32. The monoisotopic (exact) mass is 378 g/mol. The minimum Gasteiger partial charge on any atom is -0.309 e. The van der Waals surface area contributed by atoms with Gasteiger partial charge in [-0.3, -0.25) is 14.9 Å². The van der Waals surface area contributed by atoms with E-state index in [0.717, 1.165) is 29.5 Å². The van der Waals surface area contributed by atoms with E-state index in [1.165, 1.54) is 16.8 Å². The van der Waals surface area contributed by atoms with Crippen LogP contribution in [0.5, 0.6) is 0 Å². The van der Waals surface area contributed by atoms with Crippen molar-refractivity contribution in [1.29, 1.82) is 0 Å². The summed E-state index contributed by atoms with van der Waals surface area (Å²) in [5, 5.41) is 16.4. The molecule has 144 valence electrons. The molecule has 1 aromatic heterocycles. The molecule has 0 aliphatic heterocycles. The van der Waals surface area contributed by atoms with Gasteiger partial charge >= 0.3 is 0 Å². The number of hydrogen-bond donors (Lipinski definition) is 0. The van der Waals surface area contributed by atoms with Crippen LogP contribution in [-0.4, -0.2) is 40.2 Å². The molecule has 0 saturated carbocycles. The summed E-state index contributed by atoms with van der Waals surface area (Å²) >= 11 is 0. The Labute approximate surface area is 162 Å². The first-order chi connectivity index (χ1) is 13.4. The minimum absolute atomic E-state index is 0.0655. The largest absolute Gasteiger partial charge is 0.309 e. The first kappa shape index (κ1) is 19.4. The molecule has 0 bridgehead atoms. The Bertz CT molecular complexity index is 1070. The van der Waals surface area contributed by atoms with Crippen LogP contribution in [0.4, 0.5) is 5.69 Å². The number of aryl methyl sites for hydroxylation is 1. The third-order valence-electron chi connectivity index (χ3n) is 4.42. The Kier molecular flexibility index (Phi) is 5.96. The predicted molar refractivity (Wildman–Crippen MR) is 111 cm³/mol. The van der Waals surface area contributed by atoms with Crippen LogP contribution in [-0.2, 0) is 6.54 Å². The fourth-order valence-electron chi connectivity index (χ4n) is 2.91. The number of aromatic nitrogens is 2. The molecular formula is C21H22N4O3. The normalized spacial score (nSPS) is 11.5. The first-order valence-electron chi connectivity index (χ1n) is 9.01. The Morgan fingerprint density at radius 3 is 2.46 bits per heavy atom. The van der Waals surface area contributed by atoms with Crippen LogP contribution in [0.15, 0.2) is 53.5 Å². The molecule has 0 atom stereocenters. The average molecular weight is 378 g/mol. The van der Waals surface area contributed by atoms with Gasteiger partial charge in [0.1, 0.15) is 0 Å². The average Bonchev–Trinajstić information content (AvgIpc) is 2.68. The standard InChI is InChI=1S/C21H22N4O3/c1-23(2)12-3-13-24-21(26)20-11-8-17(14-18(20)15-22-24)5-4-16-6-9-19(10-7-16)25(27)28/h4-11,14-15H,3,12-13H2,1-2H3/b5-4+. The van der Waals surface area contributed by atoms with E-state index in [1.54, 1.807) is 18.3 Å². The number of fused-ring (bicyclic) bond motifs is 1. The summed E-state index contributed by atoms with van der Waals surface area (Å²) in [7, 11) is 4.00. The fourth-order valence-corrected chi connectivity index (χ4v) is 2.91. The number of nitro groups is 1. The van der Waals surface area contributed by atoms with Gasteiger partial charge in [0.05, 0.1) is 16.5 Å². The van der Waals surface area contributed by atoms with E-state index in [-0.39, 0.29) is 11.2 Å². The third kappa shape index (κ3) is 4.69. The molecule has 1 heterocycles. The molecule has 3 rings (SSSR count). The lowest BCUT2D eigenvalue weighted by atomic mass is 10.1. The fraction of sp³-hybridized carbons (Fsp3) is 0.238. The second kappa shape index (κ2) is 8.58. The molecule has 7 heteroatoms. The maximum Gasteiger partial charge on any atom is 0.274 e. The van der Waals surface area contributed by atoms with Crippen LogP contribution >= 0.6 is 0 Å². The van der Waals surface area contributed by atoms with E-state index in [1.807, 2.05) is 44.4 Å². The highest BCUT2D eigenvalue weighted by molar-refractivity contribution is 5.84. The summed E-state index contributed by atoms with van der Waals surface area (Å²) in [4.78, 5) is 25.0. The quantitative estimate of drug-likeness (QED) is 0.357. The van der Waals surface area contributed by atoms with Gasteiger partial charge in [0.2, 0.25) is 0 Å². The van der Waals surface area contributed by atoms with Crippen LogP contribution in [0.25, 0.3) is 22.9 Å². The number of rotatable bonds is 7. The van der Waals surface area contributed by atoms with Crippen molar-refractivity contribution >= 4 is 28.6 Å². The summed E-state index contributed by atoms with van der Waals surface area (Å²) < 4.78 is 1.51. The smallest absolute Gasteiger partial charge is 0.274 e. The van der Waals surface area contributed by atoms with Gasteiger partial charge in [-0.05, 0) is 62.5 Å². The van der Waals surface area contributed by atoms with E-state index < -0.39 is 4.92 Å². The van der Waals surface area contributed by atoms with Gasteiger partial charge in [-0.1, -0.05) is 18.2 Å². The van der Waals surface area contributed by atoms with Crippen LogP contribution in [0.2, 0.25) is 0 Å². The minimum atomic E-state index is -0.420. The van der Waals surface area contributed by atoms with E-state index in [4.69, 9.17) is 0 Å². The van der Waals surface area contributed by atoms with Crippen LogP contribution < -0.4 is 5.56 Å². The van der Waals surface area contributed by atoms with Crippen molar-refractivity contribution in [1.82, 2.24) is 14.7 Å². The van der Waals surface area contributed by atoms with E-state index in [0.29, 0.717) is 11.9 Å². The van der Waals surface area contributed by atoms with Crippen LogP contribution in [0.3, 0.4) is 0 Å². The number of benzene rings is 2. The molecule has 0 amide bonds. The van der Waals surface area contributed by atoms with Crippen LogP contribution in [0.1, 0.15) is 17.5 Å². The lowest BCUT2D eigenvalue weighted by Crippen LogP contribution is -2.25. The SMILES string of the molecule is CN(C)CCCn1ncc2cc(/C=C/c3ccc([N+](=O)[O-])cc3)ccc2c1=O. The zero-order valence-electron chi connectivity index (χ0n) is 15.9. The molecule has 7 nitrogen and oxygen atoms in total. The Balaban J connectivity index is 1.78. The zero-order valence-corrected chi connectivity index (χ0v) is 15.9. The highest BCUT2D eigenvalue weighted by Crippen LogP contribution is 2.16. The van der Waals surface area contributed by atoms with E-state index in [2.05, 4.69) is 10.00 Å². The summed E-state index contributed by atoms with van der Waals surface area (Å²) in [6.07, 6.45) is 6.36. The van der Waals surface area contributed by atoms with Gasteiger partial charge in [-0.25, -0.2) is 4.68 Å². The van der Waals surface area contributed by atoms with Crippen molar-refractivity contribution < 1.29 is 4.92 Å². The van der Waals surface area contributed by atoms with Crippen molar-refractivity contribution in [2.24, 2.45) is 0 Å². The van der Waals surface area contributed by atoms with Gasteiger partial charge in [0.15, 0.2) is 0 Å². The Morgan fingerprint density at radius 1 is 1.11 bits per heavy atom. The lowest BCUT2D eigenvalue weighted by Gasteiger charge is -2.10. The lowest BCUT2D eigenvalue weighted by molar-refractivity contribution is -0.384. The molecule has 0 aliphatic rings. The van der Waals surface area contributed by atoms with Gasteiger partial charge < -0.3 is 4.90 Å². The van der Waals surface area contributed by atoms with Crippen molar-refractivity contribution in [2.45, 2.75) is 13.0 Å². The number of nitro benzene ring substituents is 1. The van der Waals surface area contributed by atoms with Crippen molar-refractivity contribution in [3.05, 3.63) is 80.3 Å². The number of non-ortho nitro benzene ring substituents is 1. The summed E-state index contributed by atoms with van der Waals surface area (Å²) in [5.41, 5.74) is 1.77. The van der Waals surface area contributed by atoms with Gasteiger partial charge in [-0.2, -0.15) is 5.10 Å². The van der Waals surface area contributed by atoms with Gasteiger partial charge in [0.25, 0.3) is 11.2 Å². The van der Waals surface area contributed by atoms with Crippen molar-refractivity contribution in [3.8, 4) is 0 Å². The summed E-state index contributed by atoms with van der Waals surface area (Å²) in [6.45, 7) is 1.49. The van der Waals surface area contributed by atoms with E-state index in [9.17, 15) is 14.9 Å². The zero-order chi connectivity index (χ0) is 20.1. The summed E-state index contributed by atoms with van der Waals surface area (Å²) in [5.74, 6) is 0. The van der Waals surface area contributed by atoms with Crippen molar-refractivity contribution in [2.75, 3.05) is 20.6 Å². The molecule has 0 aliphatic carbocycles. The predicted octanol–water partition coefficient (Wildman–Crippen LogP) is 3.43. The summed E-state index contributed by atoms with van der Waals surface area (Å²) in [6, 6.07) is 12.0. The van der Waals surface area contributed by atoms with Gasteiger partial charge in [0, 0.05) is 24.1 Å². The molecular weight excluding hydrogens is 356 g/mol. The highest BCUT2D eigenvalue weighted by atomic mass is 16.6. The van der Waals surface area contributed by atoms with Crippen molar-refractivity contribution in [3.63, 3.8) is 0 Å². The molecule has 0 radical (unpaired) electrons. The third-order valence-corrected chi connectivity index (χ3v) is 4.42. The van der Waals surface area contributed by atoms with Gasteiger partial charge in [-0.15, -0.1) is 0 Å². The second-order valence-electron chi connectivity index (χ2n) is 6.86. The number of nitrogens with zero attached hydrogens (tertiary/aromatic N) is 4. The maximum absolute atomic E-state index is 12.6. The molecule has 0 N–H and O–H groups in total. The molecule has 0 unspecified atom stereocenters. The van der Waals surface area contributed by atoms with E-state index >= 15 is 0 Å². The molecule has 0 spiro atoms. The highest BCUT2D eigenvalue weighted by Gasteiger charge is 2.05. The molecule has 2 aromatic carbocycles. The molecule has 0 fully saturated rings. The number of hydrogen-bond acceptors (Lipinski definition) is 5. The Morgan fingerprint density at radius 2 is 1.79 bits per heavy atom. The second-order valence-corrected chi connectivity index (χ2v) is 6.86. The van der Waals surface area contributed by atoms with Crippen LogP contribution in [0, 0.1) is 10.1 Å². The maximum atomic E-state index is 12.6. The topological polar surface area (TPSA) is 81.3 Å². The molecule has 3 aromatic rings. The molecule has 28 heavy (non-hydrogen) atoms. The first-order valence-corrected chi connectivity index (χ1v) is 9.01. The molecule has 0 saturated heterocycles.